The highest BCUT2D eigenvalue weighted by Crippen LogP contribution is 2.05. The number of hydrogen-bond acceptors (Lipinski definition) is 2. The third kappa shape index (κ3) is 1.46. The van der Waals surface area contributed by atoms with Crippen LogP contribution in [0.3, 0.4) is 0 Å². The smallest absolute Gasteiger partial charge is 0.312 e. The van der Waals surface area contributed by atoms with E-state index in [1.54, 1.807) is 6.20 Å². The molecule has 1 aromatic heterocycles. The standard InChI is InChI=1S/C8H6N2O.ClH/c11-8-9-5-6-3-1-2-4-7(6)10-8;/h1-5H,(H,9,10,11);1H. The molecule has 0 amide bonds. The largest absolute Gasteiger partial charge is 0.345 e. The molecule has 0 saturated carbocycles. The van der Waals surface area contributed by atoms with Crippen molar-refractivity contribution in [1.82, 2.24) is 9.97 Å². The highest BCUT2D eigenvalue weighted by atomic mass is 35.5. The highest BCUT2D eigenvalue weighted by molar-refractivity contribution is 5.85. The number of rotatable bonds is 0. The van der Waals surface area contributed by atoms with Gasteiger partial charge in [0.2, 0.25) is 0 Å². The molecule has 12 heavy (non-hydrogen) atoms. The minimum Gasteiger partial charge on any atom is -0.312 e. The van der Waals surface area contributed by atoms with Crippen molar-refractivity contribution in [2.24, 2.45) is 0 Å². The first-order valence-corrected chi connectivity index (χ1v) is 3.31. The van der Waals surface area contributed by atoms with Crippen molar-refractivity contribution in [2.45, 2.75) is 0 Å². The fourth-order valence-electron chi connectivity index (χ4n) is 0.993. The normalized spacial score (nSPS) is 9.33. The number of halogens is 1. The summed E-state index contributed by atoms with van der Waals surface area (Å²) >= 11 is 0. The molecule has 4 heteroatoms. The van der Waals surface area contributed by atoms with Gasteiger partial charge in [0.25, 0.3) is 0 Å². The third-order valence-electron chi connectivity index (χ3n) is 1.51. The molecule has 1 aromatic carbocycles. The summed E-state index contributed by atoms with van der Waals surface area (Å²) in [4.78, 5) is 17.0. The number of benzene rings is 1. The number of H-pyrrole nitrogens is 1. The average Bonchev–Trinajstić information content (AvgIpc) is 2.04. The second kappa shape index (κ2) is 3.36. The molecule has 0 radical (unpaired) electrons. The van der Waals surface area contributed by atoms with Crippen molar-refractivity contribution in [3.8, 4) is 0 Å². The second-order valence-corrected chi connectivity index (χ2v) is 2.26. The van der Waals surface area contributed by atoms with Crippen LogP contribution in [0.2, 0.25) is 0 Å². The maximum absolute atomic E-state index is 10.7. The van der Waals surface area contributed by atoms with Crippen LogP contribution in [-0.4, -0.2) is 9.97 Å². The van der Waals surface area contributed by atoms with E-state index in [-0.39, 0.29) is 18.1 Å². The lowest BCUT2D eigenvalue weighted by atomic mass is 10.2. The van der Waals surface area contributed by atoms with Crippen LogP contribution in [-0.2, 0) is 0 Å². The van der Waals surface area contributed by atoms with Gasteiger partial charge < -0.3 is 4.98 Å². The third-order valence-corrected chi connectivity index (χ3v) is 1.51. The zero-order valence-corrected chi connectivity index (χ0v) is 6.97. The van der Waals surface area contributed by atoms with Gasteiger partial charge in [-0.3, -0.25) is 0 Å². The molecule has 0 spiro atoms. The maximum Gasteiger partial charge on any atom is 0.345 e. The van der Waals surface area contributed by atoms with Crippen molar-refractivity contribution < 1.29 is 0 Å². The number of nitrogens with zero attached hydrogens (tertiary/aromatic N) is 1. The van der Waals surface area contributed by atoms with Crippen LogP contribution in [0.5, 0.6) is 0 Å². The summed E-state index contributed by atoms with van der Waals surface area (Å²) in [6, 6.07) is 7.47. The summed E-state index contributed by atoms with van der Waals surface area (Å²) in [5.74, 6) is 0. The Kier molecular flexibility index (Phi) is 2.45. The maximum atomic E-state index is 10.7. The summed E-state index contributed by atoms with van der Waals surface area (Å²) < 4.78 is 0. The van der Waals surface area contributed by atoms with Gasteiger partial charge in [0, 0.05) is 11.6 Å². The van der Waals surface area contributed by atoms with Crippen LogP contribution in [0.4, 0.5) is 0 Å². The van der Waals surface area contributed by atoms with Crippen LogP contribution >= 0.6 is 12.4 Å². The highest BCUT2D eigenvalue weighted by Gasteiger charge is 1.91. The number of nitrogens with one attached hydrogen (secondary N) is 1. The first-order chi connectivity index (χ1) is 5.36. The zero-order valence-electron chi connectivity index (χ0n) is 6.15. The molecule has 0 aliphatic carbocycles. The van der Waals surface area contributed by atoms with Gasteiger partial charge in [0.05, 0.1) is 5.52 Å². The number of hydrogen-bond donors (Lipinski definition) is 1. The molecule has 0 aliphatic rings. The molecule has 2 rings (SSSR count). The predicted molar refractivity (Wildman–Crippen MR) is 49.6 cm³/mol. The zero-order chi connectivity index (χ0) is 7.68. The van der Waals surface area contributed by atoms with E-state index in [9.17, 15) is 4.79 Å². The Hall–Kier alpha value is -1.35. The Bertz CT molecular complexity index is 438. The van der Waals surface area contributed by atoms with E-state index in [0.717, 1.165) is 10.9 Å². The summed E-state index contributed by atoms with van der Waals surface area (Å²) in [5.41, 5.74) is 0.431. The minimum atomic E-state index is -0.302. The fourth-order valence-corrected chi connectivity index (χ4v) is 0.993. The van der Waals surface area contributed by atoms with Gasteiger partial charge in [-0.05, 0) is 6.07 Å². The first-order valence-electron chi connectivity index (χ1n) is 3.31. The molecule has 0 fully saturated rings. The Labute approximate surface area is 74.9 Å². The van der Waals surface area contributed by atoms with Gasteiger partial charge in [-0.25, -0.2) is 4.79 Å². The number of aromatic nitrogens is 2. The van der Waals surface area contributed by atoms with Crippen molar-refractivity contribution in [3.63, 3.8) is 0 Å². The van der Waals surface area contributed by atoms with E-state index in [1.165, 1.54) is 0 Å². The van der Waals surface area contributed by atoms with E-state index in [4.69, 9.17) is 0 Å². The molecule has 1 N–H and O–H groups in total. The number of para-hydroxylation sites is 1. The van der Waals surface area contributed by atoms with E-state index in [0.29, 0.717) is 0 Å². The Morgan fingerprint density at radius 3 is 2.83 bits per heavy atom. The molecule has 0 aliphatic heterocycles. The monoisotopic (exact) mass is 182 g/mol. The molecule has 0 saturated heterocycles. The summed E-state index contributed by atoms with van der Waals surface area (Å²) in [6.45, 7) is 0. The molecule has 0 atom stereocenters. The van der Waals surface area contributed by atoms with Crippen molar-refractivity contribution in [2.75, 3.05) is 0 Å². The van der Waals surface area contributed by atoms with Crippen LogP contribution in [0.1, 0.15) is 0 Å². The quantitative estimate of drug-likeness (QED) is 0.669. The second-order valence-electron chi connectivity index (χ2n) is 2.26. The molecule has 62 valence electrons. The molecular formula is C8H7ClN2O. The van der Waals surface area contributed by atoms with Crippen LogP contribution < -0.4 is 5.69 Å². The van der Waals surface area contributed by atoms with Gasteiger partial charge in [-0.15, -0.1) is 12.4 Å². The summed E-state index contributed by atoms with van der Waals surface area (Å²) in [6.07, 6.45) is 1.66. The van der Waals surface area contributed by atoms with Crippen LogP contribution in [0.25, 0.3) is 10.9 Å². The lowest BCUT2D eigenvalue weighted by molar-refractivity contribution is 1.12. The summed E-state index contributed by atoms with van der Waals surface area (Å²) in [5, 5.41) is 0.951. The van der Waals surface area contributed by atoms with Gasteiger partial charge in [-0.1, -0.05) is 18.2 Å². The fraction of sp³-hybridized carbons (Fsp3) is 0. The van der Waals surface area contributed by atoms with E-state index < -0.39 is 0 Å². The predicted octanol–water partition coefficient (Wildman–Crippen LogP) is 1.34. The van der Waals surface area contributed by atoms with Gasteiger partial charge in [-0.2, -0.15) is 4.98 Å². The molecule has 2 aromatic rings. The Morgan fingerprint density at radius 2 is 2.00 bits per heavy atom. The van der Waals surface area contributed by atoms with Crippen molar-refractivity contribution in [3.05, 3.63) is 40.9 Å². The van der Waals surface area contributed by atoms with Crippen LogP contribution in [0, 0.1) is 0 Å². The molecule has 0 bridgehead atoms. The average molecular weight is 183 g/mol. The van der Waals surface area contributed by atoms with Crippen molar-refractivity contribution in [1.29, 1.82) is 0 Å². The minimum absolute atomic E-state index is 0. The van der Waals surface area contributed by atoms with Crippen molar-refractivity contribution >= 4 is 23.3 Å². The lowest BCUT2D eigenvalue weighted by Crippen LogP contribution is -2.07. The van der Waals surface area contributed by atoms with Crippen LogP contribution in [0.15, 0.2) is 35.3 Å². The van der Waals surface area contributed by atoms with E-state index >= 15 is 0 Å². The molecule has 0 unspecified atom stereocenters. The number of fused-ring (bicyclic) bond motifs is 1. The topological polar surface area (TPSA) is 45.8 Å². The Balaban J connectivity index is 0.000000720. The first kappa shape index (κ1) is 8.74. The van der Waals surface area contributed by atoms with E-state index in [1.807, 2.05) is 24.3 Å². The molecule has 1 heterocycles. The lowest BCUT2D eigenvalue weighted by Gasteiger charge is -1.91. The van der Waals surface area contributed by atoms with Gasteiger partial charge >= 0.3 is 5.69 Å². The van der Waals surface area contributed by atoms with E-state index in [2.05, 4.69) is 9.97 Å². The van der Waals surface area contributed by atoms with Gasteiger partial charge in [0.1, 0.15) is 0 Å². The SMILES string of the molecule is Cl.O=c1nc2ccccc2c[nH]1. The van der Waals surface area contributed by atoms with Gasteiger partial charge in [0.15, 0.2) is 0 Å². The molecule has 3 nitrogen and oxygen atoms in total. The Morgan fingerprint density at radius 1 is 1.25 bits per heavy atom. The number of aromatic amines is 1. The molecular weight excluding hydrogens is 176 g/mol. The summed E-state index contributed by atoms with van der Waals surface area (Å²) in [7, 11) is 0.